The van der Waals surface area contributed by atoms with Crippen molar-refractivity contribution in [1.82, 2.24) is 15.5 Å². The second-order valence-corrected chi connectivity index (χ2v) is 8.61. The van der Waals surface area contributed by atoms with Crippen LogP contribution < -0.4 is 5.32 Å². The van der Waals surface area contributed by atoms with Crippen molar-refractivity contribution in [2.75, 3.05) is 0 Å². The quantitative estimate of drug-likeness (QED) is 0.396. The molecular weight excluding hydrogens is 420 g/mol. The molecule has 1 aromatic heterocycles. The van der Waals surface area contributed by atoms with Crippen molar-refractivity contribution >= 4 is 17.5 Å². The van der Waals surface area contributed by atoms with Crippen LogP contribution in [0, 0.1) is 0 Å². The van der Waals surface area contributed by atoms with E-state index in [1.165, 1.54) is 6.26 Å². The summed E-state index contributed by atoms with van der Waals surface area (Å²) in [5.41, 5.74) is 0.273. The van der Waals surface area contributed by atoms with Gasteiger partial charge in [0.25, 0.3) is 5.89 Å². The van der Waals surface area contributed by atoms with Gasteiger partial charge in [0.05, 0.1) is 12.0 Å². The van der Waals surface area contributed by atoms with Gasteiger partial charge >= 0.3 is 6.09 Å². The van der Waals surface area contributed by atoms with Gasteiger partial charge in [0.2, 0.25) is 5.89 Å². The Hall–Kier alpha value is -3.68. The number of nitrogens with one attached hydrogen (secondary N) is 1. The number of allylic oxidation sites excluding steroid dienone is 2. The molecule has 8 nitrogen and oxygen atoms in total. The standard InChI is InChI=1S/C25H32N4O4/c1-9-20(26-17(3)18(4)31-10-2)21-28-29-22(32-21)25(8,16-19-14-12-11-13-15-19)27-23(30)33-24(5,6)7/h9-15H,2,4,16H2,1,3,5-8H3,(H,27,30). The smallest absolute Gasteiger partial charge is 0.408 e. The van der Waals surface area contributed by atoms with Crippen LogP contribution in [0.3, 0.4) is 0 Å². The molecule has 0 spiro atoms. The third kappa shape index (κ3) is 7.45. The van der Waals surface area contributed by atoms with Crippen LogP contribution in [0.2, 0.25) is 0 Å². The lowest BCUT2D eigenvalue weighted by Gasteiger charge is -2.29. The zero-order valence-electron chi connectivity index (χ0n) is 20.1. The Kier molecular flexibility index (Phi) is 8.34. The lowest BCUT2D eigenvalue weighted by atomic mass is 9.92. The predicted molar refractivity (Wildman–Crippen MR) is 128 cm³/mol. The zero-order chi connectivity index (χ0) is 24.6. The third-order valence-electron chi connectivity index (χ3n) is 4.48. The first kappa shape index (κ1) is 25.6. The molecule has 1 unspecified atom stereocenters. The minimum absolute atomic E-state index is 0.198. The van der Waals surface area contributed by atoms with Crippen LogP contribution in [0.1, 0.15) is 58.9 Å². The van der Waals surface area contributed by atoms with E-state index in [0.29, 0.717) is 23.6 Å². The van der Waals surface area contributed by atoms with Gasteiger partial charge in [-0.2, -0.15) is 0 Å². The summed E-state index contributed by atoms with van der Waals surface area (Å²) in [6, 6.07) is 9.70. The number of nitrogens with zero attached hydrogens (tertiary/aromatic N) is 3. The minimum Gasteiger partial charge on any atom is -0.464 e. The number of rotatable bonds is 9. The predicted octanol–water partition coefficient (Wildman–Crippen LogP) is 5.55. The van der Waals surface area contributed by atoms with Crippen LogP contribution in [0.15, 0.2) is 71.0 Å². The third-order valence-corrected chi connectivity index (χ3v) is 4.48. The van der Waals surface area contributed by atoms with Gasteiger partial charge in [0.1, 0.15) is 22.6 Å². The molecule has 33 heavy (non-hydrogen) atoms. The number of carbonyl (C=O) groups excluding carboxylic acids is 1. The Morgan fingerprint density at radius 3 is 2.45 bits per heavy atom. The summed E-state index contributed by atoms with van der Waals surface area (Å²) in [6.45, 7) is 18.1. The van der Waals surface area contributed by atoms with E-state index in [-0.39, 0.29) is 11.8 Å². The molecule has 1 heterocycles. The van der Waals surface area contributed by atoms with E-state index in [0.717, 1.165) is 5.56 Å². The molecule has 1 aromatic carbocycles. The fraction of sp³-hybridized carbons (Fsp3) is 0.360. The van der Waals surface area contributed by atoms with Gasteiger partial charge in [0, 0.05) is 6.42 Å². The average molecular weight is 453 g/mol. The van der Waals surface area contributed by atoms with E-state index >= 15 is 0 Å². The molecule has 1 N–H and O–H groups in total. The fourth-order valence-electron chi connectivity index (χ4n) is 2.92. The highest BCUT2D eigenvalue weighted by atomic mass is 16.6. The van der Waals surface area contributed by atoms with E-state index in [1.54, 1.807) is 40.7 Å². The molecule has 8 heteroatoms. The molecule has 1 atom stereocenters. The highest BCUT2D eigenvalue weighted by Crippen LogP contribution is 2.27. The summed E-state index contributed by atoms with van der Waals surface area (Å²) in [5, 5.41) is 11.3. The van der Waals surface area contributed by atoms with Crippen molar-refractivity contribution in [3.05, 3.63) is 78.9 Å². The minimum atomic E-state index is -1.03. The zero-order valence-corrected chi connectivity index (χ0v) is 20.1. The fourth-order valence-corrected chi connectivity index (χ4v) is 2.92. The van der Waals surface area contributed by atoms with E-state index in [2.05, 4.69) is 33.7 Å². The van der Waals surface area contributed by atoms with Crippen molar-refractivity contribution in [1.29, 1.82) is 0 Å². The molecule has 2 rings (SSSR count). The van der Waals surface area contributed by atoms with Gasteiger partial charge in [-0.3, -0.25) is 0 Å². The number of aromatic nitrogens is 2. The number of amides is 1. The van der Waals surface area contributed by atoms with Crippen molar-refractivity contribution in [2.24, 2.45) is 4.99 Å². The maximum atomic E-state index is 12.6. The second-order valence-electron chi connectivity index (χ2n) is 8.61. The lowest BCUT2D eigenvalue weighted by molar-refractivity contribution is 0.0443. The Morgan fingerprint density at radius 1 is 1.21 bits per heavy atom. The highest BCUT2D eigenvalue weighted by Gasteiger charge is 2.36. The van der Waals surface area contributed by atoms with Crippen LogP contribution in [0.5, 0.6) is 0 Å². The molecule has 0 bridgehead atoms. The molecule has 0 aliphatic rings. The molecule has 0 fully saturated rings. The molecule has 0 radical (unpaired) electrons. The average Bonchev–Trinajstić information content (AvgIpc) is 3.22. The van der Waals surface area contributed by atoms with Gasteiger partial charge in [-0.05, 0) is 47.1 Å². The van der Waals surface area contributed by atoms with Crippen LogP contribution in [-0.4, -0.2) is 27.6 Å². The summed E-state index contributed by atoms with van der Waals surface area (Å²) in [6.07, 6.45) is 2.83. The SMILES string of the molecule is C=COC(=C)C(C)=NC(=CC)c1nnc(C(C)(Cc2ccccc2)NC(=O)OC(C)(C)C)o1. The first-order valence-electron chi connectivity index (χ1n) is 10.6. The molecule has 0 aliphatic carbocycles. The summed E-state index contributed by atoms with van der Waals surface area (Å²) < 4.78 is 16.6. The second kappa shape index (κ2) is 10.8. The van der Waals surface area contributed by atoms with E-state index in [9.17, 15) is 4.79 Å². The molecule has 0 saturated heterocycles. The van der Waals surface area contributed by atoms with Gasteiger partial charge in [-0.15, -0.1) is 10.2 Å². The Labute approximate surface area is 195 Å². The monoisotopic (exact) mass is 452 g/mol. The molecule has 2 aromatic rings. The number of hydrogen-bond acceptors (Lipinski definition) is 7. The summed E-state index contributed by atoms with van der Waals surface area (Å²) in [5.74, 6) is 0.772. The molecule has 176 valence electrons. The van der Waals surface area contributed by atoms with Crippen LogP contribution in [0.4, 0.5) is 4.79 Å². The van der Waals surface area contributed by atoms with E-state index < -0.39 is 17.2 Å². The number of alkyl carbamates (subject to hydrolysis) is 1. The number of ether oxygens (including phenoxy) is 2. The van der Waals surface area contributed by atoms with Crippen molar-refractivity contribution in [3.8, 4) is 0 Å². The number of aliphatic imine (C=N–C) groups is 1. The summed E-state index contributed by atoms with van der Waals surface area (Å²) >= 11 is 0. The van der Waals surface area contributed by atoms with Crippen molar-refractivity contribution < 1.29 is 18.7 Å². The van der Waals surface area contributed by atoms with Crippen molar-refractivity contribution in [2.45, 2.75) is 59.1 Å². The Balaban J connectivity index is 2.40. The Morgan fingerprint density at radius 2 is 1.88 bits per heavy atom. The number of carbonyl (C=O) groups is 1. The highest BCUT2D eigenvalue weighted by molar-refractivity contribution is 5.99. The van der Waals surface area contributed by atoms with Gasteiger partial charge in [-0.1, -0.05) is 49.6 Å². The van der Waals surface area contributed by atoms with E-state index in [4.69, 9.17) is 13.9 Å². The summed E-state index contributed by atoms with van der Waals surface area (Å²) in [4.78, 5) is 17.1. The largest absolute Gasteiger partial charge is 0.464 e. The maximum absolute atomic E-state index is 12.6. The van der Waals surface area contributed by atoms with Gasteiger partial charge in [-0.25, -0.2) is 9.79 Å². The summed E-state index contributed by atoms with van der Waals surface area (Å²) in [7, 11) is 0. The first-order chi connectivity index (χ1) is 15.5. The van der Waals surface area contributed by atoms with E-state index in [1.807, 2.05) is 37.3 Å². The normalized spacial score (nSPS) is 14.2. The van der Waals surface area contributed by atoms with Crippen LogP contribution in [0.25, 0.3) is 5.70 Å². The molecule has 1 amide bonds. The molecular formula is C25H32N4O4. The lowest BCUT2D eigenvalue weighted by Crippen LogP contribution is -2.47. The Bertz CT molecular complexity index is 1050. The van der Waals surface area contributed by atoms with Crippen LogP contribution in [-0.2, 0) is 21.4 Å². The van der Waals surface area contributed by atoms with Crippen LogP contribution >= 0.6 is 0 Å². The first-order valence-corrected chi connectivity index (χ1v) is 10.6. The van der Waals surface area contributed by atoms with Crippen molar-refractivity contribution in [3.63, 3.8) is 0 Å². The van der Waals surface area contributed by atoms with Gasteiger partial charge in [0.15, 0.2) is 0 Å². The topological polar surface area (TPSA) is 98.8 Å². The van der Waals surface area contributed by atoms with Gasteiger partial charge < -0.3 is 19.2 Å². The number of benzene rings is 1. The number of hydrogen-bond donors (Lipinski definition) is 1. The molecule has 0 aliphatic heterocycles. The molecule has 0 saturated carbocycles. The maximum Gasteiger partial charge on any atom is 0.408 e.